The number of hydrogen-bond donors (Lipinski definition) is 1. The number of pyridine rings is 1. The largest absolute Gasteiger partial charge is 0.491 e. The van der Waals surface area contributed by atoms with E-state index in [0.717, 1.165) is 22.6 Å². The van der Waals surface area contributed by atoms with Crippen LogP contribution in [0, 0.1) is 0 Å². The van der Waals surface area contributed by atoms with Gasteiger partial charge in [0.1, 0.15) is 11.3 Å². The smallest absolute Gasteiger partial charge is 0.207 e. The third-order valence-electron chi connectivity index (χ3n) is 2.91. The van der Waals surface area contributed by atoms with Gasteiger partial charge in [-0.1, -0.05) is 0 Å². The molecule has 102 valence electrons. The van der Waals surface area contributed by atoms with Gasteiger partial charge in [0.25, 0.3) is 0 Å². The van der Waals surface area contributed by atoms with E-state index in [1.165, 1.54) is 0 Å². The van der Waals surface area contributed by atoms with Crippen LogP contribution in [-0.2, 0) is 0 Å². The molecule has 0 bridgehead atoms. The van der Waals surface area contributed by atoms with Crippen molar-refractivity contribution in [3.8, 4) is 11.4 Å². The van der Waals surface area contributed by atoms with Gasteiger partial charge in [-0.2, -0.15) is 0 Å². The van der Waals surface area contributed by atoms with Crippen molar-refractivity contribution in [3.05, 3.63) is 42.6 Å². The van der Waals surface area contributed by atoms with Gasteiger partial charge in [-0.3, -0.25) is 4.57 Å². The first-order valence-electron chi connectivity index (χ1n) is 6.51. The Hall–Kier alpha value is -2.56. The average molecular weight is 268 g/mol. The van der Waals surface area contributed by atoms with Gasteiger partial charge in [0.2, 0.25) is 5.95 Å². The number of nitrogen functional groups attached to an aromatic ring is 1. The molecule has 0 aliphatic heterocycles. The van der Waals surface area contributed by atoms with E-state index in [-0.39, 0.29) is 6.10 Å². The van der Waals surface area contributed by atoms with Gasteiger partial charge in [0, 0.05) is 6.20 Å². The molecule has 0 spiro atoms. The van der Waals surface area contributed by atoms with Crippen LogP contribution in [0.15, 0.2) is 42.6 Å². The molecule has 2 N–H and O–H groups in total. The van der Waals surface area contributed by atoms with E-state index in [4.69, 9.17) is 10.5 Å². The molecule has 0 aliphatic rings. The summed E-state index contributed by atoms with van der Waals surface area (Å²) in [7, 11) is 0. The Bertz CT molecular complexity index is 731. The summed E-state index contributed by atoms with van der Waals surface area (Å²) < 4.78 is 7.46. The van der Waals surface area contributed by atoms with Crippen molar-refractivity contribution < 1.29 is 4.74 Å². The van der Waals surface area contributed by atoms with Crippen LogP contribution >= 0.6 is 0 Å². The van der Waals surface area contributed by atoms with Crippen LogP contribution in [-0.4, -0.2) is 20.6 Å². The summed E-state index contributed by atoms with van der Waals surface area (Å²) in [6, 6.07) is 11.5. The molecule has 2 heterocycles. The van der Waals surface area contributed by atoms with Gasteiger partial charge >= 0.3 is 0 Å². The lowest BCUT2D eigenvalue weighted by molar-refractivity contribution is 0.242. The van der Waals surface area contributed by atoms with Gasteiger partial charge in [-0.25, -0.2) is 9.97 Å². The van der Waals surface area contributed by atoms with E-state index in [2.05, 4.69) is 9.97 Å². The summed E-state index contributed by atoms with van der Waals surface area (Å²) >= 11 is 0. The second kappa shape index (κ2) is 4.85. The van der Waals surface area contributed by atoms with Gasteiger partial charge in [-0.15, -0.1) is 0 Å². The molecule has 0 saturated carbocycles. The van der Waals surface area contributed by atoms with E-state index in [0.29, 0.717) is 5.95 Å². The zero-order valence-electron chi connectivity index (χ0n) is 11.4. The van der Waals surface area contributed by atoms with E-state index in [1.807, 2.05) is 54.8 Å². The van der Waals surface area contributed by atoms with E-state index >= 15 is 0 Å². The maximum atomic E-state index is 5.98. The molecule has 3 aromatic rings. The Labute approximate surface area is 117 Å². The fraction of sp³-hybridized carbons (Fsp3) is 0.200. The summed E-state index contributed by atoms with van der Waals surface area (Å²) in [5, 5.41) is 0. The molecule has 1 aromatic carbocycles. The summed E-state index contributed by atoms with van der Waals surface area (Å²) in [5.74, 6) is 1.26. The molecular formula is C15H16N4O. The molecule has 0 atom stereocenters. The monoisotopic (exact) mass is 268 g/mol. The van der Waals surface area contributed by atoms with Crippen molar-refractivity contribution in [2.45, 2.75) is 20.0 Å². The van der Waals surface area contributed by atoms with Crippen LogP contribution in [0.25, 0.3) is 16.9 Å². The van der Waals surface area contributed by atoms with Crippen molar-refractivity contribution in [1.29, 1.82) is 0 Å². The number of imidazole rings is 1. The van der Waals surface area contributed by atoms with Crippen LogP contribution in [0.1, 0.15) is 13.8 Å². The third kappa shape index (κ3) is 2.18. The van der Waals surface area contributed by atoms with Crippen molar-refractivity contribution >= 4 is 17.1 Å². The Balaban J connectivity index is 2.05. The zero-order valence-corrected chi connectivity index (χ0v) is 11.4. The van der Waals surface area contributed by atoms with E-state index in [9.17, 15) is 0 Å². The molecular weight excluding hydrogens is 252 g/mol. The molecule has 0 aliphatic carbocycles. The minimum absolute atomic E-state index is 0.154. The first-order valence-corrected chi connectivity index (χ1v) is 6.51. The summed E-state index contributed by atoms with van der Waals surface area (Å²) in [4.78, 5) is 8.65. The highest BCUT2D eigenvalue weighted by atomic mass is 16.5. The van der Waals surface area contributed by atoms with Crippen LogP contribution in [0.5, 0.6) is 5.75 Å². The fourth-order valence-electron chi connectivity index (χ4n) is 2.13. The average Bonchev–Trinajstić information content (AvgIpc) is 2.75. The molecule has 5 heteroatoms. The minimum Gasteiger partial charge on any atom is -0.491 e. The van der Waals surface area contributed by atoms with Crippen LogP contribution in [0.2, 0.25) is 0 Å². The number of fused-ring (bicyclic) bond motifs is 1. The van der Waals surface area contributed by atoms with Crippen molar-refractivity contribution in [2.75, 3.05) is 5.73 Å². The molecule has 3 rings (SSSR count). The fourth-order valence-corrected chi connectivity index (χ4v) is 2.13. The number of rotatable bonds is 3. The summed E-state index contributed by atoms with van der Waals surface area (Å²) in [6.45, 7) is 4.00. The number of anilines is 1. The Morgan fingerprint density at radius 3 is 2.60 bits per heavy atom. The maximum absolute atomic E-state index is 5.98. The van der Waals surface area contributed by atoms with Crippen LogP contribution < -0.4 is 10.5 Å². The molecule has 20 heavy (non-hydrogen) atoms. The highest BCUT2D eigenvalue weighted by Crippen LogP contribution is 2.23. The number of aromatic nitrogens is 3. The lowest BCUT2D eigenvalue weighted by Crippen LogP contribution is -2.06. The molecule has 0 amide bonds. The summed E-state index contributed by atoms with van der Waals surface area (Å²) in [5.41, 5.74) is 8.44. The number of benzene rings is 1. The molecule has 0 radical (unpaired) electrons. The highest BCUT2D eigenvalue weighted by Gasteiger charge is 2.10. The lowest BCUT2D eigenvalue weighted by atomic mass is 10.3. The molecule has 2 aromatic heterocycles. The van der Waals surface area contributed by atoms with E-state index < -0.39 is 0 Å². The highest BCUT2D eigenvalue weighted by molar-refractivity contribution is 5.76. The Morgan fingerprint density at radius 2 is 1.90 bits per heavy atom. The Kier molecular flexibility index (Phi) is 3.02. The van der Waals surface area contributed by atoms with E-state index in [1.54, 1.807) is 6.20 Å². The number of ether oxygens (including phenoxy) is 1. The number of nitrogens with zero attached hydrogens (tertiary/aromatic N) is 3. The maximum Gasteiger partial charge on any atom is 0.207 e. The van der Waals surface area contributed by atoms with Crippen molar-refractivity contribution in [3.63, 3.8) is 0 Å². The molecule has 0 saturated heterocycles. The number of hydrogen-bond acceptors (Lipinski definition) is 4. The van der Waals surface area contributed by atoms with Gasteiger partial charge in [0.05, 0.1) is 11.8 Å². The second-order valence-corrected chi connectivity index (χ2v) is 4.81. The Morgan fingerprint density at radius 1 is 1.15 bits per heavy atom. The van der Waals surface area contributed by atoms with Gasteiger partial charge in [-0.05, 0) is 50.2 Å². The van der Waals surface area contributed by atoms with Crippen molar-refractivity contribution in [1.82, 2.24) is 14.5 Å². The topological polar surface area (TPSA) is 66.0 Å². The van der Waals surface area contributed by atoms with Crippen LogP contribution in [0.3, 0.4) is 0 Å². The standard InChI is InChI=1S/C15H16N4O/c1-10(2)20-12-7-5-11(6-8-12)19-14-13(18-15(19)16)4-3-9-17-14/h3-10H,1-2H3,(H2,16,18). The number of nitrogens with two attached hydrogens (primary N) is 1. The molecule has 0 fully saturated rings. The molecule has 0 unspecified atom stereocenters. The first-order chi connectivity index (χ1) is 9.65. The second-order valence-electron chi connectivity index (χ2n) is 4.81. The minimum atomic E-state index is 0.154. The normalized spacial score (nSPS) is 11.2. The quantitative estimate of drug-likeness (QED) is 0.793. The van der Waals surface area contributed by atoms with Crippen LogP contribution in [0.4, 0.5) is 5.95 Å². The predicted octanol–water partition coefficient (Wildman–Crippen LogP) is 2.79. The predicted molar refractivity (Wildman–Crippen MR) is 79.0 cm³/mol. The lowest BCUT2D eigenvalue weighted by Gasteiger charge is -2.11. The van der Waals surface area contributed by atoms with Gasteiger partial charge < -0.3 is 10.5 Å². The summed E-state index contributed by atoms with van der Waals surface area (Å²) in [6.07, 6.45) is 1.89. The third-order valence-corrected chi connectivity index (χ3v) is 2.91. The van der Waals surface area contributed by atoms with Crippen molar-refractivity contribution in [2.24, 2.45) is 0 Å². The first kappa shape index (κ1) is 12.5. The molecule has 5 nitrogen and oxygen atoms in total. The SMILES string of the molecule is CC(C)Oc1ccc(-n2c(N)nc3cccnc32)cc1. The van der Waals surface area contributed by atoms with Gasteiger partial charge in [0.15, 0.2) is 5.65 Å². The zero-order chi connectivity index (χ0) is 14.1.